The van der Waals surface area contributed by atoms with E-state index in [-0.39, 0.29) is 12.0 Å². The first-order chi connectivity index (χ1) is 10.3. The van der Waals surface area contributed by atoms with E-state index in [0.717, 1.165) is 25.3 Å². The molecule has 3 rings (SSSR count). The predicted octanol–water partition coefficient (Wildman–Crippen LogP) is 2.43. The highest BCUT2D eigenvalue weighted by atomic mass is 16.5. The van der Waals surface area contributed by atoms with Crippen LogP contribution >= 0.6 is 0 Å². The summed E-state index contributed by atoms with van der Waals surface area (Å²) in [6, 6.07) is 0. The second-order valence-corrected chi connectivity index (χ2v) is 6.10. The van der Waals surface area contributed by atoms with Crippen molar-refractivity contribution in [3.8, 4) is 5.88 Å². The van der Waals surface area contributed by atoms with E-state index in [2.05, 4.69) is 9.97 Å². The maximum Gasteiger partial charge on any atom is 0.232 e. The van der Waals surface area contributed by atoms with Gasteiger partial charge in [-0.2, -0.15) is 0 Å². The number of likely N-dealkylation sites (tertiary alicyclic amines) is 1. The van der Waals surface area contributed by atoms with Gasteiger partial charge in [-0.3, -0.25) is 9.78 Å². The highest BCUT2D eigenvalue weighted by molar-refractivity contribution is 5.76. The van der Waals surface area contributed by atoms with E-state index >= 15 is 0 Å². The lowest BCUT2D eigenvalue weighted by Gasteiger charge is -2.18. The molecular formula is C16H23N3O2. The lowest BCUT2D eigenvalue weighted by atomic mass is 10.0. The molecule has 1 aliphatic carbocycles. The Balaban J connectivity index is 1.42. The smallest absolute Gasteiger partial charge is 0.232 e. The van der Waals surface area contributed by atoms with Crippen LogP contribution in [0.25, 0.3) is 0 Å². The van der Waals surface area contributed by atoms with Crippen LogP contribution in [0, 0.1) is 5.92 Å². The zero-order chi connectivity index (χ0) is 14.5. The Bertz CT molecular complexity index is 460. The van der Waals surface area contributed by atoms with Crippen molar-refractivity contribution >= 4 is 5.91 Å². The van der Waals surface area contributed by atoms with Crippen molar-refractivity contribution < 1.29 is 9.53 Å². The molecular weight excluding hydrogens is 266 g/mol. The van der Waals surface area contributed by atoms with Gasteiger partial charge in [-0.25, -0.2) is 4.98 Å². The predicted molar refractivity (Wildman–Crippen MR) is 78.8 cm³/mol. The van der Waals surface area contributed by atoms with Crippen LogP contribution < -0.4 is 4.74 Å². The van der Waals surface area contributed by atoms with Gasteiger partial charge < -0.3 is 9.64 Å². The molecule has 1 atom stereocenters. The van der Waals surface area contributed by atoms with Crippen LogP contribution in [0.15, 0.2) is 18.6 Å². The molecule has 5 heteroatoms. The van der Waals surface area contributed by atoms with Crippen molar-refractivity contribution in [2.24, 2.45) is 5.92 Å². The Morgan fingerprint density at radius 1 is 1.29 bits per heavy atom. The molecule has 2 heterocycles. The number of nitrogens with zero attached hydrogens (tertiary/aromatic N) is 3. The molecule has 1 amide bonds. The molecule has 2 aliphatic rings. The van der Waals surface area contributed by atoms with Crippen molar-refractivity contribution in [1.29, 1.82) is 0 Å². The fourth-order valence-corrected chi connectivity index (χ4v) is 3.35. The standard InChI is InChI=1S/C16H23N3O2/c20-16(6-5-13-3-1-2-4-13)19-10-7-14(12-19)21-15-11-17-8-9-18-15/h8-9,11,13-14H,1-7,10,12H2. The van der Waals surface area contributed by atoms with Crippen molar-refractivity contribution in [2.45, 2.75) is 51.0 Å². The van der Waals surface area contributed by atoms with Gasteiger partial charge in [0.25, 0.3) is 0 Å². The Morgan fingerprint density at radius 2 is 2.14 bits per heavy atom. The summed E-state index contributed by atoms with van der Waals surface area (Å²) in [5.74, 6) is 1.61. The number of rotatable bonds is 5. The maximum absolute atomic E-state index is 12.2. The lowest BCUT2D eigenvalue weighted by molar-refractivity contribution is -0.130. The summed E-state index contributed by atoms with van der Waals surface area (Å²) >= 11 is 0. The van der Waals surface area contributed by atoms with Crippen LogP contribution in [-0.2, 0) is 4.79 Å². The molecule has 114 valence electrons. The molecule has 2 fully saturated rings. The largest absolute Gasteiger partial charge is 0.471 e. The Morgan fingerprint density at radius 3 is 2.90 bits per heavy atom. The highest BCUT2D eigenvalue weighted by Crippen LogP contribution is 2.29. The molecule has 0 radical (unpaired) electrons. The number of hydrogen-bond donors (Lipinski definition) is 0. The zero-order valence-corrected chi connectivity index (χ0v) is 12.4. The highest BCUT2D eigenvalue weighted by Gasteiger charge is 2.28. The first-order valence-corrected chi connectivity index (χ1v) is 8.02. The number of amides is 1. The summed E-state index contributed by atoms with van der Waals surface area (Å²) in [5, 5.41) is 0. The van der Waals surface area contributed by atoms with E-state index in [9.17, 15) is 4.79 Å². The quantitative estimate of drug-likeness (QED) is 0.835. The molecule has 0 aromatic carbocycles. The van der Waals surface area contributed by atoms with E-state index in [1.807, 2.05) is 4.90 Å². The Labute approximate surface area is 125 Å². The SMILES string of the molecule is O=C(CCC1CCCC1)N1CCC(Oc2cnccn2)C1. The van der Waals surface area contributed by atoms with Gasteiger partial charge >= 0.3 is 0 Å². The van der Waals surface area contributed by atoms with Crippen molar-refractivity contribution in [3.63, 3.8) is 0 Å². The third kappa shape index (κ3) is 3.93. The van der Waals surface area contributed by atoms with E-state index < -0.39 is 0 Å². The Kier molecular flexibility index (Phi) is 4.68. The van der Waals surface area contributed by atoms with E-state index in [4.69, 9.17) is 4.74 Å². The van der Waals surface area contributed by atoms with Gasteiger partial charge in [0.05, 0.1) is 12.7 Å². The van der Waals surface area contributed by atoms with Crippen LogP contribution in [0.5, 0.6) is 5.88 Å². The van der Waals surface area contributed by atoms with E-state index in [1.165, 1.54) is 25.7 Å². The first kappa shape index (κ1) is 14.3. The normalized spacial score (nSPS) is 22.7. The summed E-state index contributed by atoms with van der Waals surface area (Å²) in [7, 11) is 0. The zero-order valence-electron chi connectivity index (χ0n) is 12.4. The molecule has 1 aromatic heterocycles. The molecule has 0 bridgehead atoms. The minimum atomic E-state index is 0.0529. The fourth-order valence-electron chi connectivity index (χ4n) is 3.35. The number of hydrogen-bond acceptors (Lipinski definition) is 4. The average molecular weight is 289 g/mol. The monoisotopic (exact) mass is 289 g/mol. The molecule has 0 N–H and O–H groups in total. The van der Waals surface area contributed by atoms with E-state index in [0.29, 0.717) is 18.8 Å². The van der Waals surface area contributed by atoms with Crippen molar-refractivity contribution in [1.82, 2.24) is 14.9 Å². The van der Waals surface area contributed by atoms with Crippen LogP contribution in [0.3, 0.4) is 0 Å². The third-order valence-electron chi connectivity index (χ3n) is 4.57. The summed E-state index contributed by atoms with van der Waals surface area (Å²) in [6.45, 7) is 1.48. The second kappa shape index (κ2) is 6.87. The van der Waals surface area contributed by atoms with Gasteiger partial charge in [0.2, 0.25) is 11.8 Å². The second-order valence-electron chi connectivity index (χ2n) is 6.10. The minimum Gasteiger partial charge on any atom is -0.471 e. The van der Waals surface area contributed by atoms with Crippen molar-refractivity contribution in [2.75, 3.05) is 13.1 Å². The van der Waals surface area contributed by atoms with Gasteiger partial charge in [0.15, 0.2) is 0 Å². The van der Waals surface area contributed by atoms with Crippen LogP contribution in [-0.4, -0.2) is 40.0 Å². The maximum atomic E-state index is 12.2. The number of carbonyl (C=O) groups is 1. The first-order valence-electron chi connectivity index (χ1n) is 8.02. The van der Waals surface area contributed by atoms with Gasteiger partial charge in [-0.15, -0.1) is 0 Å². The summed E-state index contributed by atoms with van der Waals surface area (Å²) < 4.78 is 5.77. The molecule has 1 saturated carbocycles. The molecule has 0 spiro atoms. The summed E-state index contributed by atoms with van der Waals surface area (Å²) in [6.07, 6.45) is 12.9. The number of ether oxygens (including phenoxy) is 1. The minimum absolute atomic E-state index is 0.0529. The number of carbonyl (C=O) groups excluding carboxylic acids is 1. The van der Waals surface area contributed by atoms with Crippen LogP contribution in [0.4, 0.5) is 0 Å². The fraction of sp³-hybridized carbons (Fsp3) is 0.688. The van der Waals surface area contributed by atoms with Gasteiger partial charge in [0, 0.05) is 31.8 Å². The van der Waals surface area contributed by atoms with Gasteiger partial charge in [0.1, 0.15) is 6.10 Å². The molecule has 21 heavy (non-hydrogen) atoms. The van der Waals surface area contributed by atoms with Gasteiger partial charge in [-0.1, -0.05) is 25.7 Å². The molecule has 5 nitrogen and oxygen atoms in total. The van der Waals surface area contributed by atoms with Crippen LogP contribution in [0.2, 0.25) is 0 Å². The van der Waals surface area contributed by atoms with Crippen LogP contribution in [0.1, 0.15) is 44.9 Å². The topological polar surface area (TPSA) is 55.3 Å². The summed E-state index contributed by atoms with van der Waals surface area (Å²) in [5.41, 5.74) is 0. The average Bonchev–Trinajstić information content (AvgIpc) is 3.17. The van der Waals surface area contributed by atoms with E-state index in [1.54, 1.807) is 18.6 Å². The Hall–Kier alpha value is -1.65. The molecule has 1 aromatic rings. The van der Waals surface area contributed by atoms with Gasteiger partial charge in [-0.05, 0) is 12.3 Å². The molecule has 1 saturated heterocycles. The molecule has 1 unspecified atom stereocenters. The lowest BCUT2D eigenvalue weighted by Crippen LogP contribution is -2.31. The number of aromatic nitrogens is 2. The molecule has 1 aliphatic heterocycles. The summed E-state index contributed by atoms with van der Waals surface area (Å²) in [4.78, 5) is 22.3. The van der Waals surface area contributed by atoms with Crippen molar-refractivity contribution in [3.05, 3.63) is 18.6 Å². The third-order valence-corrected chi connectivity index (χ3v) is 4.57.